The molecule has 4 rings (SSSR count). The Morgan fingerprint density at radius 3 is 2.47 bits per heavy atom. The number of Topliss-reactive ketones (excluding diaryl/α,β-unsaturated/α-hetero) is 1. The van der Waals surface area contributed by atoms with Crippen LogP contribution in [0.15, 0.2) is 54.7 Å². The first kappa shape index (κ1) is 19.8. The number of nitrogens with one attached hydrogen (secondary N) is 1. The Labute approximate surface area is 174 Å². The van der Waals surface area contributed by atoms with E-state index in [0.29, 0.717) is 42.5 Å². The van der Waals surface area contributed by atoms with Gasteiger partial charge in [0.05, 0.1) is 11.1 Å². The average Bonchev–Trinajstić information content (AvgIpc) is 2.97. The Morgan fingerprint density at radius 2 is 1.77 bits per heavy atom. The van der Waals surface area contributed by atoms with Crippen molar-refractivity contribution in [1.29, 1.82) is 0 Å². The number of ketones is 1. The van der Waals surface area contributed by atoms with Gasteiger partial charge in [0.15, 0.2) is 5.78 Å². The van der Waals surface area contributed by atoms with Crippen LogP contribution in [0, 0.1) is 6.92 Å². The zero-order valence-electron chi connectivity index (χ0n) is 16.7. The van der Waals surface area contributed by atoms with Gasteiger partial charge in [-0.3, -0.25) is 24.1 Å². The summed E-state index contributed by atoms with van der Waals surface area (Å²) in [5.41, 5.74) is 3.73. The molecule has 0 aromatic heterocycles. The van der Waals surface area contributed by atoms with Crippen LogP contribution in [0.2, 0.25) is 0 Å². The lowest BCUT2D eigenvalue weighted by Crippen LogP contribution is -2.51. The fourth-order valence-corrected chi connectivity index (χ4v) is 3.90. The van der Waals surface area contributed by atoms with Crippen LogP contribution in [0.5, 0.6) is 0 Å². The number of benzene rings is 2. The molecule has 30 heavy (non-hydrogen) atoms. The van der Waals surface area contributed by atoms with E-state index in [9.17, 15) is 19.2 Å². The minimum Gasteiger partial charge on any atom is -0.329 e. The van der Waals surface area contributed by atoms with E-state index in [-0.39, 0.29) is 17.3 Å². The number of rotatable bonds is 5. The van der Waals surface area contributed by atoms with Crippen molar-refractivity contribution >= 4 is 23.5 Å². The second kappa shape index (κ2) is 7.71. The summed E-state index contributed by atoms with van der Waals surface area (Å²) in [7, 11) is 0. The van der Waals surface area contributed by atoms with E-state index in [0.717, 1.165) is 16.0 Å². The Bertz CT molecular complexity index is 1080. The summed E-state index contributed by atoms with van der Waals surface area (Å²) in [5.74, 6) is -1.28. The Morgan fingerprint density at radius 1 is 1.07 bits per heavy atom. The number of hydrogen-bond donors (Lipinski definition) is 1. The van der Waals surface area contributed by atoms with Gasteiger partial charge in [-0.1, -0.05) is 42.5 Å². The third-order valence-electron chi connectivity index (χ3n) is 5.63. The quantitative estimate of drug-likeness (QED) is 0.615. The molecule has 0 radical (unpaired) electrons. The van der Waals surface area contributed by atoms with Crippen molar-refractivity contribution in [2.75, 3.05) is 0 Å². The highest BCUT2D eigenvalue weighted by Crippen LogP contribution is 2.29. The summed E-state index contributed by atoms with van der Waals surface area (Å²) < 4.78 is 0. The summed E-state index contributed by atoms with van der Waals surface area (Å²) in [6, 6.07) is 11.6. The first-order chi connectivity index (χ1) is 14.3. The van der Waals surface area contributed by atoms with Gasteiger partial charge in [0, 0.05) is 17.7 Å². The monoisotopic (exact) mass is 402 g/mol. The topological polar surface area (TPSA) is 83.6 Å². The van der Waals surface area contributed by atoms with Gasteiger partial charge in [-0.2, -0.15) is 0 Å². The highest BCUT2D eigenvalue weighted by molar-refractivity contribution is 6.23. The van der Waals surface area contributed by atoms with E-state index in [2.05, 4.69) is 11.9 Å². The molecule has 1 fully saturated rings. The minimum absolute atomic E-state index is 0.0265. The molecule has 0 spiro atoms. The maximum Gasteiger partial charge on any atom is 0.262 e. The number of imide groups is 1. The Kier molecular flexibility index (Phi) is 5.08. The molecule has 2 aliphatic rings. The molecule has 3 amide bonds. The summed E-state index contributed by atoms with van der Waals surface area (Å²) in [5, 5.41) is 2.62. The van der Waals surface area contributed by atoms with Crippen LogP contribution in [-0.4, -0.2) is 34.4 Å². The lowest BCUT2D eigenvalue weighted by Gasteiger charge is -2.29. The van der Waals surface area contributed by atoms with Crippen molar-refractivity contribution in [3.8, 4) is 0 Å². The van der Waals surface area contributed by atoms with Crippen molar-refractivity contribution in [3.63, 3.8) is 0 Å². The van der Waals surface area contributed by atoms with Crippen LogP contribution < -0.4 is 5.32 Å². The Hall–Kier alpha value is -3.54. The second-order valence-electron chi connectivity index (χ2n) is 7.80. The number of allylic oxidation sites excluding steroid dienone is 1. The van der Waals surface area contributed by atoms with Gasteiger partial charge in [0.1, 0.15) is 6.04 Å². The van der Waals surface area contributed by atoms with E-state index >= 15 is 0 Å². The third-order valence-corrected chi connectivity index (χ3v) is 5.63. The van der Waals surface area contributed by atoms with Crippen molar-refractivity contribution in [1.82, 2.24) is 10.2 Å². The van der Waals surface area contributed by atoms with Crippen LogP contribution in [0.3, 0.4) is 0 Å². The van der Waals surface area contributed by atoms with E-state index in [1.807, 2.05) is 31.2 Å². The van der Waals surface area contributed by atoms with Crippen LogP contribution in [0.25, 0.3) is 0 Å². The number of fused-ring (bicyclic) bond motifs is 1. The molecular formula is C24H22N2O4. The van der Waals surface area contributed by atoms with Crippen molar-refractivity contribution in [2.24, 2.45) is 0 Å². The average molecular weight is 402 g/mol. The molecule has 1 atom stereocenters. The maximum absolute atomic E-state index is 12.9. The number of nitrogens with zero attached hydrogens (tertiary/aromatic N) is 1. The highest BCUT2D eigenvalue weighted by atomic mass is 16.2. The normalized spacial score (nSPS) is 18.4. The molecule has 152 valence electrons. The van der Waals surface area contributed by atoms with E-state index in [1.165, 1.54) is 0 Å². The molecule has 2 aliphatic heterocycles. The number of aryl methyl sites for hydroxylation is 2. The summed E-state index contributed by atoms with van der Waals surface area (Å²) in [6.45, 7) is 5.69. The number of carbonyl (C=O) groups excluding carboxylic acids is 4. The van der Waals surface area contributed by atoms with Crippen molar-refractivity contribution < 1.29 is 19.2 Å². The largest absolute Gasteiger partial charge is 0.329 e. The number of amides is 3. The summed E-state index contributed by atoms with van der Waals surface area (Å²) >= 11 is 0. The minimum atomic E-state index is -0.825. The van der Waals surface area contributed by atoms with Crippen molar-refractivity contribution in [2.45, 2.75) is 38.6 Å². The standard InChI is InChI=1S/C24H22N2O4/c1-14-3-8-17(9-4-14)21(27)12-7-16-6-10-18-19(13-16)24(30)26(23(18)29)20-11-5-15(2)25-22(20)28/h3-4,6,8-10,13,20H,2,5,7,11-12H2,1H3,(H,25,28). The zero-order chi connectivity index (χ0) is 21.4. The molecule has 0 saturated carbocycles. The van der Waals surface area contributed by atoms with E-state index in [1.54, 1.807) is 18.2 Å². The summed E-state index contributed by atoms with van der Waals surface area (Å²) in [6.07, 6.45) is 1.66. The molecule has 2 aromatic rings. The number of piperidine rings is 1. The molecule has 6 heteroatoms. The molecular weight excluding hydrogens is 380 g/mol. The molecule has 2 aromatic carbocycles. The van der Waals surface area contributed by atoms with E-state index < -0.39 is 17.9 Å². The van der Waals surface area contributed by atoms with Crippen LogP contribution in [0.4, 0.5) is 0 Å². The maximum atomic E-state index is 12.9. The van der Waals surface area contributed by atoms with Gasteiger partial charge >= 0.3 is 0 Å². The van der Waals surface area contributed by atoms with E-state index in [4.69, 9.17) is 0 Å². The molecule has 0 aliphatic carbocycles. The lowest BCUT2D eigenvalue weighted by atomic mass is 9.99. The number of hydrogen-bond acceptors (Lipinski definition) is 4. The van der Waals surface area contributed by atoms with Gasteiger partial charge in [-0.05, 0) is 43.9 Å². The fourth-order valence-electron chi connectivity index (χ4n) is 3.90. The van der Waals surface area contributed by atoms with Gasteiger partial charge in [0.25, 0.3) is 11.8 Å². The third kappa shape index (κ3) is 3.56. The SMILES string of the molecule is C=C1CCC(N2C(=O)c3ccc(CCC(=O)c4ccc(C)cc4)cc3C2=O)C(=O)N1. The highest BCUT2D eigenvalue weighted by Gasteiger charge is 2.43. The molecule has 2 heterocycles. The van der Waals surface area contributed by atoms with Gasteiger partial charge in [-0.15, -0.1) is 0 Å². The molecule has 1 saturated heterocycles. The molecule has 0 bridgehead atoms. The van der Waals surface area contributed by atoms with Crippen LogP contribution in [-0.2, 0) is 11.2 Å². The lowest BCUT2D eigenvalue weighted by molar-refractivity contribution is -0.125. The van der Waals surface area contributed by atoms with Gasteiger partial charge in [-0.25, -0.2) is 0 Å². The predicted molar refractivity (Wildman–Crippen MR) is 111 cm³/mol. The zero-order valence-corrected chi connectivity index (χ0v) is 16.7. The first-order valence-electron chi connectivity index (χ1n) is 9.94. The second-order valence-corrected chi connectivity index (χ2v) is 7.80. The predicted octanol–water partition coefficient (Wildman–Crippen LogP) is 3.20. The van der Waals surface area contributed by atoms with Gasteiger partial charge < -0.3 is 5.32 Å². The molecule has 6 nitrogen and oxygen atoms in total. The first-order valence-corrected chi connectivity index (χ1v) is 9.94. The van der Waals surface area contributed by atoms with Crippen LogP contribution in [0.1, 0.15) is 61.5 Å². The fraction of sp³-hybridized carbons (Fsp3) is 0.250. The Balaban J connectivity index is 1.49. The molecule has 1 N–H and O–H groups in total. The van der Waals surface area contributed by atoms with Crippen LogP contribution >= 0.6 is 0 Å². The molecule has 1 unspecified atom stereocenters. The van der Waals surface area contributed by atoms with Gasteiger partial charge in [0.2, 0.25) is 5.91 Å². The smallest absolute Gasteiger partial charge is 0.262 e. The number of carbonyl (C=O) groups is 4. The summed E-state index contributed by atoms with van der Waals surface area (Å²) in [4.78, 5) is 51.4. The van der Waals surface area contributed by atoms with Crippen molar-refractivity contribution in [3.05, 3.63) is 82.6 Å².